The van der Waals surface area contributed by atoms with E-state index < -0.39 is 11.6 Å². The Morgan fingerprint density at radius 3 is 2.57 bits per heavy atom. The molecule has 35 heavy (non-hydrogen) atoms. The fraction of sp³-hybridized carbons (Fsp3) is 0.483. The number of nitrogens with one attached hydrogen (secondary N) is 1. The molecular weight excluding hydrogens is 440 g/mol. The van der Waals surface area contributed by atoms with Gasteiger partial charge in [-0.25, -0.2) is 0 Å². The Bertz CT molecular complexity index is 1130. The molecule has 2 saturated carbocycles. The lowest BCUT2D eigenvalue weighted by Gasteiger charge is -2.35. The van der Waals surface area contributed by atoms with Crippen LogP contribution in [0.25, 0.3) is 0 Å². The molecule has 2 atom stereocenters. The Hall–Kier alpha value is -3.08. The predicted molar refractivity (Wildman–Crippen MR) is 134 cm³/mol. The molecule has 6 nitrogen and oxygen atoms in total. The van der Waals surface area contributed by atoms with E-state index in [0.717, 1.165) is 65.7 Å². The Morgan fingerprint density at radius 1 is 1.29 bits per heavy atom. The second kappa shape index (κ2) is 9.88. The second-order valence-corrected chi connectivity index (χ2v) is 10.4. The van der Waals surface area contributed by atoms with Gasteiger partial charge in [0.2, 0.25) is 5.69 Å². The minimum absolute atomic E-state index is 0.134. The molecule has 3 aliphatic rings. The Balaban J connectivity index is 1.59. The van der Waals surface area contributed by atoms with Crippen molar-refractivity contribution < 1.29 is 24.6 Å². The van der Waals surface area contributed by atoms with Crippen LogP contribution >= 0.6 is 0 Å². The van der Waals surface area contributed by atoms with Crippen LogP contribution in [-0.2, 0) is 4.74 Å². The lowest BCUT2D eigenvalue weighted by molar-refractivity contribution is -0.910. The number of ether oxygens (including phenoxy) is 1. The fourth-order valence-corrected chi connectivity index (χ4v) is 5.25. The standard InChI is InChI=1S/C29H36N2O4/c1-6-20-17-26(35-5)27(30-28(32)25-9-7-8-24(31(25)34)22-10-11-22)19(3)23(20)16-18(2)21-12-14-29(4,33)15-13-21/h7-9,16-17,19,21-22,27,33H,1-2,10-15H2,3-5H3,(H-,30,32,34)/p+1/b23-16-. The van der Waals surface area contributed by atoms with Crippen LogP contribution in [-0.4, -0.2) is 35.0 Å². The molecule has 186 valence electrons. The molecular formula is C29H37N2O4+. The monoisotopic (exact) mass is 477 g/mol. The van der Waals surface area contributed by atoms with Crippen LogP contribution in [0, 0.1) is 11.8 Å². The van der Waals surface area contributed by atoms with Crippen molar-refractivity contribution in [3.05, 3.63) is 83.1 Å². The van der Waals surface area contributed by atoms with Crippen molar-refractivity contribution in [2.24, 2.45) is 11.8 Å². The normalized spacial score (nSPS) is 29.8. The maximum Gasteiger partial charge on any atom is 0.321 e. The number of allylic oxidation sites excluding steroid dienone is 4. The van der Waals surface area contributed by atoms with E-state index in [-0.39, 0.29) is 17.5 Å². The molecule has 3 N–H and O–H groups in total. The molecule has 2 unspecified atom stereocenters. The minimum atomic E-state index is -0.597. The number of aromatic nitrogens is 1. The molecule has 2 fully saturated rings. The molecule has 6 heteroatoms. The number of carbonyl (C=O) groups is 1. The van der Waals surface area contributed by atoms with Gasteiger partial charge in [0.05, 0.1) is 18.8 Å². The van der Waals surface area contributed by atoms with Crippen LogP contribution in [0.4, 0.5) is 0 Å². The molecule has 0 bridgehead atoms. The van der Waals surface area contributed by atoms with Crippen LogP contribution in [0.1, 0.15) is 74.5 Å². The topological polar surface area (TPSA) is 82.7 Å². The summed E-state index contributed by atoms with van der Waals surface area (Å²) in [7, 11) is 1.58. The molecule has 0 aromatic carbocycles. The average Bonchev–Trinajstić information content (AvgIpc) is 3.67. The maximum absolute atomic E-state index is 13.3. The molecule has 1 heterocycles. The van der Waals surface area contributed by atoms with E-state index in [9.17, 15) is 15.1 Å². The van der Waals surface area contributed by atoms with Gasteiger partial charge in [0, 0.05) is 34.3 Å². The largest absolute Gasteiger partial charge is 0.499 e. The first-order chi connectivity index (χ1) is 16.6. The number of methoxy groups -OCH3 is 1. The Labute approximate surface area is 208 Å². The molecule has 1 aromatic rings. The van der Waals surface area contributed by atoms with Crippen molar-refractivity contribution >= 4 is 5.91 Å². The van der Waals surface area contributed by atoms with E-state index >= 15 is 0 Å². The van der Waals surface area contributed by atoms with Crippen molar-refractivity contribution in [1.82, 2.24) is 5.32 Å². The zero-order valence-corrected chi connectivity index (χ0v) is 21.0. The SMILES string of the molecule is C=C=C1C=C(OC)C(NC(=O)c2cccc(C3CC3)[n+]2O)C(C)/C1=C/C(=C)C1CCC(C)(O)CC1. The van der Waals surface area contributed by atoms with E-state index in [0.29, 0.717) is 17.6 Å². The van der Waals surface area contributed by atoms with Gasteiger partial charge in [0.15, 0.2) is 0 Å². The van der Waals surface area contributed by atoms with Gasteiger partial charge in [-0.05, 0) is 69.1 Å². The van der Waals surface area contributed by atoms with Crippen LogP contribution in [0.3, 0.4) is 0 Å². The number of nitrogens with zero attached hydrogens (tertiary/aromatic N) is 1. The van der Waals surface area contributed by atoms with E-state index in [2.05, 4.69) is 30.3 Å². The highest BCUT2D eigenvalue weighted by Crippen LogP contribution is 2.40. The number of carbonyl (C=O) groups excluding carboxylic acids is 1. The van der Waals surface area contributed by atoms with Crippen molar-refractivity contribution in [2.75, 3.05) is 7.11 Å². The summed E-state index contributed by atoms with van der Waals surface area (Å²) in [5.74, 6) is 0.718. The van der Waals surface area contributed by atoms with Crippen molar-refractivity contribution in [1.29, 1.82) is 0 Å². The fourth-order valence-electron chi connectivity index (χ4n) is 5.25. The first kappa shape index (κ1) is 25.0. The number of hydrogen-bond acceptors (Lipinski definition) is 4. The van der Waals surface area contributed by atoms with Gasteiger partial charge in [-0.2, -0.15) is 0 Å². The Kier molecular flexibility index (Phi) is 7.07. The summed E-state index contributed by atoms with van der Waals surface area (Å²) in [5.41, 5.74) is 6.19. The lowest BCUT2D eigenvalue weighted by Crippen LogP contribution is -2.49. The molecule has 0 spiro atoms. The first-order valence-corrected chi connectivity index (χ1v) is 12.5. The van der Waals surface area contributed by atoms with Crippen LogP contribution in [0.2, 0.25) is 0 Å². The molecule has 0 saturated heterocycles. The van der Waals surface area contributed by atoms with Crippen LogP contribution in [0.5, 0.6) is 0 Å². The highest BCUT2D eigenvalue weighted by molar-refractivity contribution is 5.91. The first-order valence-electron chi connectivity index (χ1n) is 12.5. The number of pyridine rings is 1. The summed E-state index contributed by atoms with van der Waals surface area (Å²) in [5, 5.41) is 24.0. The van der Waals surface area contributed by atoms with Gasteiger partial charge in [-0.3, -0.25) is 10.0 Å². The molecule has 0 aliphatic heterocycles. The maximum atomic E-state index is 13.3. The van der Waals surface area contributed by atoms with Crippen molar-refractivity contribution in [2.45, 2.75) is 69.9 Å². The summed E-state index contributed by atoms with van der Waals surface area (Å²) in [6.45, 7) is 12.1. The summed E-state index contributed by atoms with van der Waals surface area (Å²) < 4.78 is 6.67. The van der Waals surface area contributed by atoms with Crippen LogP contribution in [0.15, 0.2) is 71.7 Å². The zero-order chi connectivity index (χ0) is 25.3. The molecule has 4 rings (SSSR count). The van der Waals surface area contributed by atoms with Gasteiger partial charge in [0.1, 0.15) is 5.76 Å². The van der Waals surface area contributed by atoms with Gasteiger partial charge < -0.3 is 15.2 Å². The minimum Gasteiger partial charge on any atom is -0.499 e. The summed E-state index contributed by atoms with van der Waals surface area (Å²) in [6.07, 6.45) is 9.29. The third-order valence-corrected chi connectivity index (χ3v) is 7.76. The third-order valence-electron chi connectivity index (χ3n) is 7.76. The highest BCUT2D eigenvalue weighted by atomic mass is 16.5. The summed E-state index contributed by atoms with van der Waals surface area (Å²) >= 11 is 0. The van der Waals surface area contributed by atoms with Crippen molar-refractivity contribution in [3.8, 4) is 0 Å². The zero-order valence-electron chi connectivity index (χ0n) is 21.0. The van der Waals surface area contributed by atoms with E-state index in [4.69, 9.17) is 4.74 Å². The number of amides is 1. The number of hydrogen-bond donors (Lipinski definition) is 3. The predicted octanol–water partition coefficient (Wildman–Crippen LogP) is 4.50. The van der Waals surface area contributed by atoms with Gasteiger partial charge >= 0.3 is 11.6 Å². The molecule has 1 amide bonds. The molecule has 1 aromatic heterocycles. The quantitative estimate of drug-likeness (QED) is 0.320. The van der Waals surface area contributed by atoms with E-state index in [1.165, 1.54) is 0 Å². The smallest absolute Gasteiger partial charge is 0.321 e. The third kappa shape index (κ3) is 5.29. The van der Waals surface area contributed by atoms with E-state index in [1.54, 1.807) is 13.2 Å². The van der Waals surface area contributed by atoms with Crippen molar-refractivity contribution in [3.63, 3.8) is 0 Å². The van der Waals surface area contributed by atoms with Gasteiger partial charge in [-0.1, -0.05) is 31.7 Å². The van der Waals surface area contributed by atoms with Crippen LogP contribution < -0.4 is 10.0 Å². The van der Waals surface area contributed by atoms with E-state index in [1.807, 2.05) is 32.1 Å². The summed E-state index contributed by atoms with van der Waals surface area (Å²) in [4.78, 5) is 13.3. The number of rotatable bonds is 6. The molecule has 0 radical (unpaired) electrons. The second-order valence-electron chi connectivity index (χ2n) is 10.4. The number of aliphatic hydroxyl groups is 1. The average molecular weight is 478 g/mol. The van der Waals surface area contributed by atoms with Gasteiger partial charge in [0.25, 0.3) is 0 Å². The molecule has 3 aliphatic carbocycles. The Morgan fingerprint density at radius 2 is 1.97 bits per heavy atom. The highest BCUT2D eigenvalue weighted by Gasteiger charge is 2.38. The summed E-state index contributed by atoms with van der Waals surface area (Å²) in [6, 6.07) is 4.86. The van der Waals surface area contributed by atoms with Gasteiger partial charge in [-0.15, -0.1) is 5.73 Å². The lowest BCUT2D eigenvalue weighted by atomic mass is 9.75.